The highest BCUT2D eigenvalue weighted by atomic mass is 32.1. The van der Waals surface area contributed by atoms with Gasteiger partial charge < -0.3 is 4.90 Å². The van der Waals surface area contributed by atoms with Crippen LogP contribution in [0, 0.1) is 6.92 Å². The number of aryl methyl sites for hydroxylation is 1. The van der Waals surface area contributed by atoms with E-state index in [1.165, 1.54) is 5.56 Å². The fourth-order valence-corrected chi connectivity index (χ4v) is 4.43. The molecule has 1 saturated heterocycles. The van der Waals surface area contributed by atoms with Gasteiger partial charge in [-0.25, -0.2) is 0 Å². The summed E-state index contributed by atoms with van der Waals surface area (Å²) in [6.07, 6.45) is 0.658. The first-order valence-corrected chi connectivity index (χ1v) is 8.75. The van der Waals surface area contributed by atoms with E-state index in [2.05, 4.69) is 18.3 Å². The molecule has 2 aliphatic rings. The predicted octanol–water partition coefficient (Wildman–Crippen LogP) is 2.48. The lowest BCUT2D eigenvalue weighted by Gasteiger charge is -2.29. The van der Waals surface area contributed by atoms with Gasteiger partial charge in [-0.3, -0.25) is 19.7 Å². The third kappa shape index (κ3) is 2.26. The Morgan fingerprint density at radius 3 is 2.67 bits per heavy atom. The van der Waals surface area contributed by atoms with E-state index in [9.17, 15) is 14.4 Å². The van der Waals surface area contributed by atoms with Crippen molar-refractivity contribution < 1.29 is 14.4 Å². The number of nitrogens with zero attached hydrogens (tertiary/aromatic N) is 1. The van der Waals surface area contributed by atoms with Crippen LogP contribution in [0.2, 0.25) is 0 Å². The number of thiophene rings is 1. The van der Waals surface area contributed by atoms with E-state index in [1.54, 1.807) is 16.2 Å². The Bertz CT molecular complexity index is 871. The topological polar surface area (TPSA) is 66.5 Å². The number of carbonyl (C=O) groups excluding carboxylic acids is 3. The van der Waals surface area contributed by atoms with Gasteiger partial charge in [-0.1, -0.05) is 12.1 Å². The van der Waals surface area contributed by atoms with Gasteiger partial charge >= 0.3 is 0 Å². The molecule has 1 atom stereocenters. The minimum atomic E-state index is -0.570. The summed E-state index contributed by atoms with van der Waals surface area (Å²) < 4.78 is 0. The second-order valence-corrected chi connectivity index (χ2v) is 7.08. The molecule has 0 aliphatic carbocycles. The van der Waals surface area contributed by atoms with Crippen LogP contribution >= 0.6 is 11.3 Å². The minimum absolute atomic E-state index is 0.129. The first kappa shape index (κ1) is 15.1. The van der Waals surface area contributed by atoms with Gasteiger partial charge in [0.25, 0.3) is 5.91 Å². The van der Waals surface area contributed by atoms with Gasteiger partial charge in [0.2, 0.25) is 11.8 Å². The Balaban J connectivity index is 1.72. The molecule has 2 aliphatic heterocycles. The molecule has 0 radical (unpaired) electrons. The van der Waals surface area contributed by atoms with Gasteiger partial charge in [-0.15, -0.1) is 11.3 Å². The van der Waals surface area contributed by atoms with Crippen LogP contribution in [-0.4, -0.2) is 28.7 Å². The van der Waals surface area contributed by atoms with Crippen molar-refractivity contribution >= 4 is 29.1 Å². The summed E-state index contributed by atoms with van der Waals surface area (Å²) in [5.41, 5.74) is 3.87. The summed E-state index contributed by atoms with van der Waals surface area (Å²) in [7, 11) is 0. The van der Waals surface area contributed by atoms with Crippen LogP contribution in [0.3, 0.4) is 0 Å². The first-order chi connectivity index (χ1) is 11.6. The third-order valence-electron chi connectivity index (χ3n) is 4.69. The molecule has 0 bridgehead atoms. The molecular weight excluding hydrogens is 324 g/mol. The number of hydrogen-bond donors (Lipinski definition) is 1. The normalized spacial score (nSPS) is 20.3. The van der Waals surface area contributed by atoms with Gasteiger partial charge in [-0.2, -0.15) is 0 Å². The Labute approximate surface area is 143 Å². The van der Waals surface area contributed by atoms with Crippen molar-refractivity contribution in [2.75, 3.05) is 0 Å². The van der Waals surface area contributed by atoms with Crippen LogP contribution in [0.15, 0.2) is 29.6 Å². The second kappa shape index (κ2) is 5.56. The largest absolute Gasteiger partial charge is 0.322 e. The maximum Gasteiger partial charge on any atom is 0.255 e. The fourth-order valence-electron chi connectivity index (χ4n) is 3.45. The van der Waals surface area contributed by atoms with Crippen LogP contribution in [0.5, 0.6) is 0 Å². The van der Waals surface area contributed by atoms with Crippen molar-refractivity contribution in [2.24, 2.45) is 0 Å². The molecule has 1 aromatic heterocycles. The van der Waals surface area contributed by atoms with E-state index in [4.69, 9.17) is 0 Å². The van der Waals surface area contributed by atoms with E-state index in [1.807, 2.05) is 23.6 Å². The van der Waals surface area contributed by atoms with Crippen LogP contribution < -0.4 is 5.32 Å². The van der Waals surface area contributed by atoms with Crippen LogP contribution in [0.1, 0.15) is 34.3 Å². The highest BCUT2D eigenvalue weighted by molar-refractivity contribution is 7.13. The van der Waals surface area contributed by atoms with E-state index in [0.717, 1.165) is 16.0 Å². The molecule has 4 rings (SSSR count). The highest BCUT2D eigenvalue weighted by Gasteiger charge is 2.39. The summed E-state index contributed by atoms with van der Waals surface area (Å²) in [5, 5.41) is 4.38. The summed E-state index contributed by atoms with van der Waals surface area (Å²) in [4.78, 5) is 39.0. The van der Waals surface area contributed by atoms with Crippen molar-refractivity contribution in [3.05, 3.63) is 46.3 Å². The number of rotatable bonds is 2. The van der Waals surface area contributed by atoms with Crippen LogP contribution in [-0.2, 0) is 16.1 Å². The number of nitrogens with one attached hydrogen (secondary N) is 1. The number of carbonyl (C=O) groups is 3. The molecule has 1 aromatic carbocycles. The quantitative estimate of drug-likeness (QED) is 0.854. The zero-order valence-corrected chi connectivity index (χ0v) is 14.0. The zero-order valence-electron chi connectivity index (χ0n) is 13.2. The molecule has 3 amide bonds. The Morgan fingerprint density at radius 2 is 1.96 bits per heavy atom. The van der Waals surface area contributed by atoms with Crippen LogP contribution in [0.4, 0.5) is 0 Å². The summed E-state index contributed by atoms with van der Waals surface area (Å²) in [6, 6.07) is 7.22. The Morgan fingerprint density at radius 1 is 1.17 bits per heavy atom. The SMILES string of the molecule is Cc1ccsc1-c1cccc2c1CN(C1CCC(=O)NC1=O)C2=O. The predicted molar refractivity (Wildman–Crippen MR) is 90.5 cm³/mol. The van der Waals surface area contributed by atoms with E-state index < -0.39 is 6.04 Å². The Hall–Kier alpha value is -2.47. The van der Waals surface area contributed by atoms with E-state index in [0.29, 0.717) is 18.5 Å². The van der Waals surface area contributed by atoms with Crippen LogP contribution in [0.25, 0.3) is 10.4 Å². The van der Waals surface area contributed by atoms with E-state index >= 15 is 0 Å². The molecular formula is C18H16N2O3S. The van der Waals surface area contributed by atoms with Gasteiger partial charge in [0, 0.05) is 23.4 Å². The van der Waals surface area contributed by atoms with Gasteiger partial charge in [0.1, 0.15) is 6.04 Å². The fraction of sp³-hybridized carbons (Fsp3) is 0.278. The maximum absolute atomic E-state index is 12.8. The molecule has 3 heterocycles. The second-order valence-electron chi connectivity index (χ2n) is 6.16. The van der Waals surface area contributed by atoms with Crippen molar-refractivity contribution in [3.8, 4) is 10.4 Å². The molecule has 1 unspecified atom stereocenters. The summed E-state index contributed by atoms with van der Waals surface area (Å²) in [6.45, 7) is 2.47. The van der Waals surface area contributed by atoms with Crippen molar-refractivity contribution in [1.29, 1.82) is 0 Å². The summed E-state index contributed by atoms with van der Waals surface area (Å²) >= 11 is 1.65. The standard InChI is InChI=1S/C18H16N2O3S/c1-10-7-8-24-16(10)11-3-2-4-12-13(11)9-20(18(12)23)14-5-6-15(21)19-17(14)22/h2-4,7-8,14H,5-6,9H2,1H3,(H,19,21,22). The molecule has 6 heteroatoms. The lowest BCUT2D eigenvalue weighted by Crippen LogP contribution is -2.52. The minimum Gasteiger partial charge on any atom is -0.322 e. The number of imide groups is 1. The average molecular weight is 340 g/mol. The van der Waals surface area contributed by atoms with Gasteiger partial charge in [0.15, 0.2) is 0 Å². The van der Waals surface area contributed by atoms with Crippen molar-refractivity contribution in [1.82, 2.24) is 10.2 Å². The number of piperidine rings is 1. The lowest BCUT2D eigenvalue weighted by atomic mass is 10.0. The molecule has 122 valence electrons. The van der Waals surface area contributed by atoms with Crippen molar-refractivity contribution in [3.63, 3.8) is 0 Å². The lowest BCUT2D eigenvalue weighted by molar-refractivity contribution is -0.136. The summed E-state index contributed by atoms with van der Waals surface area (Å²) in [5.74, 6) is -0.771. The van der Waals surface area contributed by atoms with E-state index in [-0.39, 0.29) is 24.1 Å². The molecule has 24 heavy (non-hydrogen) atoms. The van der Waals surface area contributed by atoms with Crippen molar-refractivity contribution in [2.45, 2.75) is 32.4 Å². The smallest absolute Gasteiger partial charge is 0.255 e. The average Bonchev–Trinajstić information content (AvgIpc) is 3.12. The molecule has 0 saturated carbocycles. The number of amides is 3. The monoisotopic (exact) mass is 340 g/mol. The highest BCUT2D eigenvalue weighted by Crippen LogP contribution is 2.38. The maximum atomic E-state index is 12.8. The number of fused-ring (bicyclic) bond motifs is 1. The molecule has 5 nitrogen and oxygen atoms in total. The molecule has 1 N–H and O–H groups in total. The molecule has 2 aromatic rings. The number of benzene rings is 1. The van der Waals surface area contributed by atoms with Gasteiger partial charge in [-0.05, 0) is 47.5 Å². The zero-order chi connectivity index (χ0) is 16.8. The van der Waals surface area contributed by atoms with Gasteiger partial charge in [0.05, 0.1) is 0 Å². The molecule has 0 spiro atoms. The third-order valence-corrected chi connectivity index (χ3v) is 5.74. The Kier molecular flexibility index (Phi) is 3.49. The number of hydrogen-bond acceptors (Lipinski definition) is 4. The molecule has 1 fully saturated rings. The first-order valence-electron chi connectivity index (χ1n) is 7.87.